The fourth-order valence-electron chi connectivity index (χ4n) is 2.59. The number of nitrogens with zero attached hydrogens (tertiary/aromatic N) is 3. The summed E-state index contributed by atoms with van der Waals surface area (Å²) in [6.07, 6.45) is 6.24. The van der Waals surface area contributed by atoms with Crippen LogP contribution in [0.5, 0.6) is 0 Å². The molecule has 2 heterocycles. The zero-order chi connectivity index (χ0) is 12.7. The molecule has 0 bridgehead atoms. The molecule has 0 saturated carbocycles. The summed E-state index contributed by atoms with van der Waals surface area (Å²) < 4.78 is 0. The minimum Gasteiger partial charge on any atom is -0.349 e. The highest BCUT2D eigenvalue weighted by molar-refractivity contribution is 7.18. The van der Waals surface area contributed by atoms with Gasteiger partial charge in [0.25, 0.3) is 0 Å². The number of hydrogen-bond acceptors (Lipinski definition) is 4. The van der Waals surface area contributed by atoms with Crippen molar-refractivity contribution in [3.63, 3.8) is 0 Å². The second kappa shape index (κ2) is 4.31. The highest BCUT2D eigenvalue weighted by Gasteiger charge is 2.28. The van der Waals surface area contributed by atoms with Gasteiger partial charge in [0, 0.05) is 36.5 Å². The van der Waals surface area contributed by atoms with Crippen molar-refractivity contribution in [1.82, 2.24) is 14.9 Å². The summed E-state index contributed by atoms with van der Waals surface area (Å²) in [5.74, 6) is 0.373. The molecule has 0 aromatic carbocycles. The Morgan fingerprint density at radius 3 is 3.11 bits per heavy atom. The molecule has 2 aromatic rings. The number of aromatic nitrogens is 2. The van der Waals surface area contributed by atoms with E-state index in [4.69, 9.17) is 0 Å². The monoisotopic (exact) mass is 261 g/mol. The third kappa shape index (κ3) is 1.79. The van der Waals surface area contributed by atoms with Crippen molar-refractivity contribution in [3.05, 3.63) is 23.0 Å². The van der Waals surface area contributed by atoms with E-state index >= 15 is 0 Å². The molecule has 0 N–H and O–H groups in total. The molecule has 0 fully saturated rings. The normalized spacial score (nSPS) is 18.7. The van der Waals surface area contributed by atoms with Crippen LogP contribution >= 0.6 is 11.3 Å². The average Bonchev–Trinajstić information content (AvgIpc) is 2.75. The lowest BCUT2D eigenvalue weighted by atomic mass is 9.87. The molecule has 1 aliphatic carbocycles. The number of thiophene rings is 1. The molecule has 0 radical (unpaired) electrons. The van der Waals surface area contributed by atoms with Crippen LogP contribution in [0.2, 0.25) is 0 Å². The average molecular weight is 261 g/mol. The topological polar surface area (TPSA) is 46.1 Å². The minimum atomic E-state index is 0.133. The Morgan fingerprint density at radius 2 is 2.33 bits per heavy atom. The minimum absolute atomic E-state index is 0.133. The number of amides is 1. The Kier molecular flexibility index (Phi) is 2.78. The fourth-order valence-corrected chi connectivity index (χ4v) is 3.83. The molecule has 1 unspecified atom stereocenters. The molecule has 3 rings (SSSR count). The van der Waals surface area contributed by atoms with Crippen LogP contribution in [0.15, 0.2) is 12.5 Å². The summed E-state index contributed by atoms with van der Waals surface area (Å²) in [7, 11) is 3.66. The van der Waals surface area contributed by atoms with E-state index in [0.717, 1.165) is 24.1 Å². The molecule has 0 aliphatic heterocycles. The Labute approximate surface area is 110 Å². The Balaban J connectivity index is 1.96. The summed E-state index contributed by atoms with van der Waals surface area (Å²) in [6.45, 7) is 0. The fraction of sp³-hybridized carbons (Fsp3) is 0.462. The van der Waals surface area contributed by atoms with E-state index in [9.17, 15) is 4.79 Å². The maximum Gasteiger partial charge on any atom is 0.225 e. The van der Waals surface area contributed by atoms with Gasteiger partial charge in [0.15, 0.2) is 0 Å². The van der Waals surface area contributed by atoms with Gasteiger partial charge in [0.05, 0.1) is 0 Å². The molecule has 4 nitrogen and oxygen atoms in total. The van der Waals surface area contributed by atoms with Crippen LogP contribution in [0, 0.1) is 5.92 Å². The van der Waals surface area contributed by atoms with Gasteiger partial charge < -0.3 is 4.90 Å². The SMILES string of the molecule is CN(C)C(=O)C1CCc2c(sc3ncncc23)C1. The standard InChI is InChI=1S/C13H15N3OS/c1-16(2)13(17)8-3-4-9-10-6-14-7-15-12(10)18-11(9)5-8/h6-8H,3-5H2,1-2H3. The molecule has 94 valence electrons. The van der Waals surface area contributed by atoms with Crippen molar-refractivity contribution >= 4 is 27.5 Å². The van der Waals surface area contributed by atoms with Gasteiger partial charge in [0.1, 0.15) is 11.2 Å². The first-order valence-corrected chi connectivity index (χ1v) is 6.90. The molecule has 2 aromatic heterocycles. The predicted molar refractivity (Wildman–Crippen MR) is 71.6 cm³/mol. The van der Waals surface area contributed by atoms with Gasteiger partial charge in [-0.05, 0) is 24.8 Å². The summed E-state index contributed by atoms with van der Waals surface area (Å²) in [5.41, 5.74) is 1.36. The van der Waals surface area contributed by atoms with E-state index in [1.54, 1.807) is 22.6 Å². The van der Waals surface area contributed by atoms with E-state index in [0.29, 0.717) is 0 Å². The van der Waals surface area contributed by atoms with E-state index in [2.05, 4.69) is 9.97 Å². The first kappa shape index (κ1) is 11.6. The summed E-state index contributed by atoms with van der Waals surface area (Å²) >= 11 is 1.71. The first-order chi connectivity index (χ1) is 8.66. The second-order valence-electron chi connectivity index (χ2n) is 4.92. The van der Waals surface area contributed by atoms with Crippen molar-refractivity contribution in [1.29, 1.82) is 0 Å². The third-order valence-corrected chi connectivity index (χ3v) is 4.70. The molecule has 1 aliphatic rings. The summed E-state index contributed by atoms with van der Waals surface area (Å²) in [4.78, 5) is 24.5. The number of aryl methyl sites for hydroxylation is 1. The van der Waals surface area contributed by atoms with Crippen LogP contribution in [0.4, 0.5) is 0 Å². The maximum absolute atomic E-state index is 12.0. The number of fused-ring (bicyclic) bond motifs is 3. The highest BCUT2D eigenvalue weighted by Crippen LogP contribution is 2.37. The van der Waals surface area contributed by atoms with Crippen molar-refractivity contribution in [2.45, 2.75) is 19.3 Å². The van der Waals surface area contributed by atoms with Crippen LogP contribution in [0.3, 0.4) is 0 Å². The zero-order valence-corrected chi connectivity index (χ0v) is 11.3. The maximum atomic E-state index is 12.0. The van der Waals surface area contributed by atoms with Gasteiger partial charge in [-0.15, -0.1) is 11.3 Å². The Bertz CT molecular complexity index is 605. The molecule has 18 heavy (non-hydrogen) atoms. The summed E-state index contributed by atoms with van der Waals surface area (Å²) in [6, 6.07) is 0. The van der Waals surface area contributed by atoms with Crippen LogP contribution in [-0.4, -0.2) is 34.9 Å². The smallest absolute Gasteiger partial charge is 0.225 e. The van der Waals surface area contributed by atoms with Gasteiger partial charge >= 0.3 is 0 Å². The van der Waals surface area contributed by atoms with Crippen molar-refractivity contribution < 1.29 is 4.79 Å². The highest BCUT2D eigenvalue weighted by atomic mass is 32.1. The van der Waals surface area contributed by atoms with E-state index in [-0.39, 0.29) is 11.8 Å². The number of carbonyl (C=O) groups is 1. The summed E-state index contributed by atoms with van der Waals surface area (Å²) in [5, 5.41) is 1.17. The predicted octanol–water partition coefficient (Wildman–Crippen LogP) is 1.88. The Morgan fingerprint density at radius 1 is 1.50 bits per heavy atom. The second-order valence-corrected chi connectivity index (χ2v) is 6.00. The van der Waals surface area contributed by atoms with E-state index in [1.165, 1.54) is 15.8 Å². The van der Waals surface area contributed by atoms with Gasteiger partial charge in [-0.3, -0.25) is 4.79 Å². The Hall–Kier alpha value is -1.49. The molecule has 0 spiro atoms. The van der Waals surface area contributed by atoms with Gasteiger partial charge in [-0.1, -0.05) is 0 Å². The van der Waals surface area contributed by atoms with Crippen LogP contribution < -0.4 is 0 Å². The number of rotatable bonds is 1. The molecule has 1 amide bonds. The third-order valence-electron chi connectivity index (χ3n) is 3.52. The van der Waals surface area contributed by atoms with E-state index < -0.39 is 0 Å². The lowest BCUT2D eigenvalue weighted by molar-refractivity contribution is -0.133. The van der Waals surface area contributed by atoms with Gasteiger partial charge in [-0.25, -0.2) is 9.97 Å². The van der Waals surface area contributed by atoms with Crippen LogP contribution in [-0.2, 0) is 17.6 Å². The number of hydrogen-bond donors (Lipinski definition) is 0. The zero-order valence-electron chi connectivity index (χ0n) is 10.5. The van der Waals surface area contributed by atoms with E-state index in [1.807, 2.05) is 20.3 Å². The van der Waals surface area contributed by atoms with Crippen molar-refractivity contribution in [3.8, 4) is 0 Å². The van der Waals surface area contributed by atoms with Gasteiger partial charge in [-0.2, -0.15) is 0 Å². The van der Waals surface area contributed by atoms with Crippen molar-refractivity contribution in [2.24, 2.45) is 5.92 Å². The van der Waals surface area contributed by atoms with Crippen LogP contribution in [0.1, 0.15) is 16.9 Å². The lowest BCUT2D eigenvalue weighted by Gasteiger charge is -2.24. The molecular formula is C13H15N3OS. The van der Waals surface area contributed by atoms with Crippen LogP contribution in [0.25, 0.3) is 10.2 Å². The van der Waals surface area contributed by atoms with Gasteiger partial charge in [0.2, 0.25) is 5.91 Å². The quantitative estimate of drug-likeness (QED) is 0.787. The molecule has 1 atom stereocenters. The first-order valence-electron chi connectivity index (χ1n) is 6.08. The lowest BCUT2D eigenvalue weighted by Crippen LogP contribution is -2.32. The molecule has 0 saturated heterocycles. The largest absolute Gasteiger partial charge is 0.349 e. The molecular weight excluding hydrogens is 246 g/mol. The molecule has 5 heteroatoms. The van der Waals surface area contributed by atoms with Crippen molar-refractivity contribution in [2.75, 3.05) is 14.1 Å². The number of carbonyl (C=O) groups excluding carboxylic acids is 1.